The summed E-state index contributed by atoms with van der Waals surface area (Å²) in [4.78, 5) is 13.8. The molecule has 0 saturated carbocycles. The number of carbonyl (C=O) groups is 1. The lowest BCUT2D eigenvalue weighted by Gasteiger charge is -2.36. The Kier molecular flexibility index (Phi) is 6.96. The zero-order valence-corrected chi connectivity index (χ0v) is 16.5. The van der Waals surface area contributed by atoms with Crippen molar-refractivity contribution in [2.24, 2.45) is 5.92 Å². The van der Waals surface area contributed by atoms with Crippen LogP contribution < -0.4 is 0 Å². The standard InChI is InChI=1S/C23H26F3NO2/c1-2-29-21(28)16-27-14-12-19(13-15-27)22(17-6-4-3-5-7-17)18-8-10-20(11-9-18)23(24,25)26/h3-11,19,22H,2,12-16H2,1H3. The van der Waals surface area contributed by atoms with E-state index in [2.05, 4.69) is 4.90 Å². The number of hydrogen-bond donors (Lipinski definition) is 0. The van der Waals surface area contributed by atoms with Gasteiger partial charge in [0.15, 0.2) is 0 Å². The third-order valence-corrected chi connectivity index (χ3v) is 5.52. The number of esters is 1. The fraction of sp³-hybridized carbons (Fsp3) is 0.435. The minimum absolute atomic E-state index is 0.0308. The van der Waals surface area contributed by atoms with E-state index >= 15 is 0 Å². The molecule has 1 heterocycles. The summed E-state index contributed by atoms with van der Waals surface area (Å²) < 4.78 is 43.9. The average molecular weight is 405 g/mol. The van der Waals surface area contributed by atoms with E-state index in [4.69, 9.17) is 4.74 Å². The lowest BCUT2D eigenvalue weighted by Crippen LogP contribution is -2.39. The van der Waals surface area contributed by atoms with Gasteiger partial charge in [-0.1, -0.05) is 42.5 Å². The minimum Gasteiger partial charge on any atom is -0.465 e. The monoisotopic (exact) mass is 405 g/mol. The number of carbonyl (C=O) groups excluding carboxylic acids is 1. The van der Waals surface area contributed by atoms with Gasteiger partial charge in [-0.15, -0.1) is 0 Å². The van der Waals surface area contributed by atoms with Crippen LogP contribution in [-0.2, 0) is 15.7 Å². The lowest BCUT2D eigenvalue weighted by atomic mass is 9.76. The summed E-state index contributed by atoms with van der Waals surface area (Å²) in [6, 6.07) is 15.5. The minimum atomic E-state index is -4.33. The molecule has 1 saturated heterocycles. The maximum absolute atomic E-state index is 13.0. The Hall–Kier alpha value is -2.34. The van der Waals surface area contributed by atoms with Crippen molar-refractivity contribution in [1.29, 1.82) is 0 Å². The van der Waals surface area contributed by atoms with Crippen LogP contribution in [-0.4, -0.2) is 37.1 Å². The Morgan fingerprint density at radius 2 is 1.62 bits per heavy atom. The first-order chi connectivity index (χ1) is 13.9. The van der Waals surface area contributed by atoms with Gasteiger partial charge < -0.3 is 4.74 Å². The summed E-state index contributed by atoms with van der Waals surface area (Å²) >= 11 is 0. The van der Waals surface area contributed by atoms with Crippen LogP contribution in [0, 0.1) is 5.92 Å². The van der Waals surface area contributed by atoms with E-state index in [9.17, 15) is 18.0 Å². The van der Waals surface area contributed by atoms with Crippen molar-refractivity contribution < 1.29 is 22.7 Å². The number of likely N-dealkylation sites (tertiary alicyclic amines) is 1. The van der Waals surface area contributed by atoms with Gasteiger partial charge in [-0.05, 0) is 62.0 Å². The molecule has 0 amide bonds. The average Bonchev–Trinajstić information content (AvgIpc) is 2.70. The van der Waals surface area contributed by atoms with Crippen molar-refractivity contribution in [3.63, 3.8) is 0 Å². The number of alkyl halides is 3. The Labute approximate surface area is 169 Å². The SMILES string of the molecule is CCOC(=O)CN1CCC(C(c2ccccc2)c2ccc(C(F)(F)F)cc2)CC1. The third kappa shape index (κ3) is 5.60. The summed E-state index contributed by atoms with van der Waals surface area (Å²) in [6.07, 6.45) is -2.58. The summed E-state index contributed by atoms with van der Waals surface area (Å²) in [5.74, 6) is 0.115. The maximum atomic E-state index is 13.0. The molecule has 2 aromatic carbocycles. The van der Waals surface area contributed by atoms with Crippen LogP contribution in [0.5, 0.6) is 0 Å². The first-order valence-electron chi connectivity index (χ1n) is 9.98. The van der Waals surface area contributed by atoms with Crippen LogP contribution in [0.25, 0.3) is 0 Å². The highest BCUT2D eigenvalue weighted by atomic mass is 19.4. The second-order valence-electron chi connectivity index (χ2n) is 7.43. The molecule has 3 nitrogen and oxygen atoms in total. The number of piperidine rings is 1. The zero-order chi connectivity index (χ0) is 20.9. The van der Waals surface area contributed by atoms with Crippen molar-refractivity contribution >= 4 is 5.97 Å². The number of nitrogens with zero attached hydrogens (tertiary/aromatic N) is 1. The molecule has 0 bridgehead atoms. The molecular formula is C23H26F3NO2. The molecule has 3 rings (SSSR count). The van der Waals surface area contributed by atoms with Gasteiger partial charge in [0.1, 0.15) is 0 Å². The van der Waals surface area contributed by atoms with E-state index in [1.165, 1.54) is 12.1 Å². The van der Waals surface area contributed by atoms with Crippen molar-refractivity contribution in [1.82, 2.24) is 4.90 Å². The van der Waals surface area contributed by atoms with Gasteiger partial charge >= 0.3 is 12.1 Å². The molecule has 0 aromatic heterocycles. The van der Waals surface area contributed by atoms with Gasteiger partial charge in [0.25, 0.3) is 0 Å². The number of ether oxygens (including phenoxy) is 1. The Morgan fingerprint density at radius 3 is 2.17 bits per heavy atom. The Balaban J connectivity index is 1.77. The van der Waals surface area contributed by atoms with Crippen molar-refractivity contribution in [3.8, 4) is 0 Å². The quantitative estimate of drug-likeness (QED) is 0.626. The van der Waals surface area contributed by atoms with Crippen molar-refractivity contribution in [2.75, 3.05) is 26.2 Å². The Morgan fingerprint density at radius 1 is 1.03 bits per heavy atom. The van der Waals surface area contributed by atoms with Crippen LogP contribution in [0.15, 0.2) is 54.6 Å². The van der Waals surface area contributed by atoms with E-state index < -0.39 is 11.7 Å². The van der Waals surface area contributed by atoms with Gasteiger partial charge in [0.05, 0.1) is 18.7 Å². The van der Waals surface area contributed by atoms with Crippen molar-refractivity contribution in [3.05, 3.63) is 71.3 Å². The lowest BCUT2D eigenvalue weighted by molar-refractivity contribution is -0.144. The molecule has 156 valence electrons. The number of halogens is 3. The molecule has 0 N–H and O–H groups in total. The molecule has 0 spiro atoms. The smallest absolute Gasteiger partial charge is 0.416 e. The fourth-order valence-electron chi connectivity index (χ4n) is 4.11. The molecule has 0 radical (unpaired) electrons. The van der Waals surface area contributed by atoms with Crippen LogP contribution >= 0.6 is 0 Å². The van der Waals surface area contributed by atoms with Gasteiger partial charge in [-0.25, -0.2) is 0 Å². The number of benzene rings is 2. The summed E-state index contributed by atoms with van der Waals surface area (Å²) in [5, 5.41) is 0. The highest BCUT2D eigenvalue weighted by molar-refractivity contribution is 5.71. The second-order valence-corrected chi connectivity index (χ2v) is 7.43. The van der Waals surface area contributed by atoms with E-state index in [0.29, 0.717) is 12.5 Å². The van der Waals surface area contributed by atoms with Crippen LogP contribution in [0.4, 0.5) is 13.2 Å². The van der Waals surface area contributed by atoms with Crippen molar-refractivity contribution in [2.45, 2.75) is 31.9 Å². The highest BCUT2D eigenvalue weighted by Crippen LogP contribution is 2.39. The molecule has 1 unspecified atom stereocenters. The van der Waals surface area contributed by atoms with Crippen LogP contribution in [0.2, 0.25) is 0 Å². The summed E-state index contributed by atoms with van der Waals surface area (Å²) in [6.45, 7) is 4.00. The fourth-order valence-corrected chi connectivity index (χ4v) is 4.11. The number of hydrogen-bond acceptors (Lipinski definition) is 3. The van der Waals surface area contributed by atoms with E-state index in [0.717, 1.165) is 37.1 Å². The van der Waals surface area contributed by atoms with E-state index in [-0.39, 0.29) is 18.4 Å². The zero-order valence-electron chi connectivity index (χ0n) is 16.5. The molecule has 6 heteroatoms. The van der Waals surface area contributed by atoms with Crippen LogP contribution in [0.3, 0.4) is 0 Å². The highest BCUT2D eigenvalue weighted by Gasteiger charge is 2.32. The molecular weight excluding hydrogens is 379 g/mol. The van der Waals surface area contributed by atoms with Gasteiger partial charge in [0, 0.05) is 5.92 Å². The second kappa shape index (κ2) is 9.44. The van der Waals surface area contributed by atoms with E-state index in [1.54, 1.807) is 19.1 Å². The van der Waals surface area contributed by atoms with Gasteiger partial charge in [-0.3, -0.25) is 9.69 Å². The van der Waals surface area contributed by atoms with E-state index in [1.807, 2.05) is 30.3 Å². The first kappa shape index (κ1) is 21.4. The first-order valence-corrected chi connectivity index (χ1v) is 9.98. The normalized spacial score (nSPS) is 17.1. The molecule has 29 heavy (non-hydrogen) atoms. The number of rotatable bonds is 6. The van der Waals surface area contributed by atoms with Crippen LogP contribution in [0.1, 0.15) is 42.4 Å². The molecule has 1 aliphatic rings. The molecule has 2 aromatic rings. The third-order valence-electron chi connectivity index (χ3n) is 5.52. The topological polar surface area (TPSA) is 29.5 Å². The molecule has 1 fully saturated rings. The summed E-state index contributed by atoms with van der Waals surface area (Å²) in [5.41, 5.74) is 1.38. The Bertz CT molecular complexity index is 782. The molecule has 1 aliphatic heterocycles. The summed E-state index contributed by atoms with van der Waals surface area (Å²) in [7, 11) is 0. The molecule has 0 aliphatic carbocycles. The van der Waals surface area contributed by atoms with Gasteiger partial charge in [-0.2, -0.15) is 13.2 Å². The van der Waals surface area contributed by atoms with Gasteiger partial charge in [0.2, 0.25) is 0 Å². The predicted octanol–water partition coefficient (Wildman–Crippen LogP) is 5.11. The predicted molar refractivity (Wildman–Crippen MR) is 106 cm³/mol. The maximum Gasteiger partial charge on any atom is 0.416 e. The largest absolute Gasteiger partial charge is 0.465 e. The molecule has 1 atom stereocenters.